The first-order valence-electron chi connectivity index (χ1n) is 24.3. The van der Waals surface area contributed by atoms with Crippen LogP contribution >= 0.6 is 34.3 Å². The lowest BCUT2D eigenvalue weighted by molar-refractivity contribution is -0.142. The van der Waals surface area contributed by atoms with Crippen LogP contribution in [-0.2, 0) is 14.4 Å². The average Bonchev–Trinajstić information content (AvgIpc) is 4.19. The van der Waals surface area contributed by atoms with E-state index in [1.165, 1.54) is 15.3 Å². The molecule has 7 aromatic rings. The molecule has 4 aromatic heterocycles. The van der Waals surface area contributed by atoms with Crippen molar-refractivity contribution in [1.82, 2.24) is 35.6 Å². The number of carbonyl (C=O) groups is 4. The van der Waals surface area contributed by atoms with E-state index < -0.39 is 47.6 Å². The SMILES string of the molecule is Cc1ccsc1-c1ccc([C@H](C)NC(=O)[C@@H]2C[C@@H](O)CN2C(=O)[C@@H](NC(=O)c2cc3ccc(O[C@@H](C)CNC(=O)C[C@@H]4N=C(c5ccc(Cl)cc5)c5c(sc(C)c5C)-n5c(C)nnc54)cc3o2)C(C)(C)C)cc1. The molecule has 4 N–H and O–H groups in total. The lowest BCUT2D eigenvalue weighted by atomic mass is 9.85. The summed E-state index contributed by atoms with van der Waals surface area (Å²) < 4.78 is 14.3. The molecule has 9 rings (SSSR count). The molecule has 0 saturated carbocycles. The number of likely N-dealkylation sites (tertiary alicyclic amines) is 1. The maximum atomic E-state index is 14.4. The van der Waals surface area contributed by atoms with E-state index in [4.69, 9.17) is 25.7 Å². The van der Waals surface area contributed by atoms with Crippen molar-refractivity contribution < 1.29 is 33.4 Å². The lowest BCUT2D eigenvalue weighted by Gasteiger charge is -2.35. The summed E-state index contributed by atoms with van der Waals surface area (Å²) in [5, 5.41) is 32.9. The topological polar surface area (TPSA) is 193 Å². The van der Waals surface area contributed by atoms with Crippen molar-refractivity contribution in [2.24, 2.45) is 10.4 Å². The molecule has 1 fully saturated rings. The summed E-state index contributed by atoms with van der Waals surface area (Å²) >= 11 is 9.59. The Kier molecular flexibility index (Phi) is 14.5. The second-order valence-electron chi connectivity index (χ2n) is 20.1. The summed E-state index contributed by atoms with van der Waals surface area (Å²) in [6.45, 7) is 17.4. The first kappa shape index (κ1) is 51.2. The fraction of sp³-hybridized carbons (Fsp3) is 0.364. The van der Waals surface area contributed by atoms with Gasteiger partial charge in [0.15, 0.2) is 11.6 Å². The highest BCUT2D eigenvalue weighted by atomic mass is 35.5. The monoisotopic (exact) mass is 1040 g/mol. The Labute approximate surface area is 437 Å². The zero-order valence-electron chi connectivity index (χ0n) is 42.2. The van der Waals surface area contributed by atoms with E-state index in [-0.39, 0.29) is 49.5 Å². The number of aliphatic hydroxyl groups is 1. The van der Waals surface area contributed by atoms with Crippen LogP contribution in [0.2, 0.25) is 5.02 Å². The average molecular weight is 1040 g/mol. The van der Waals surface area contributed by atoms with Crippen LogP contribution in [0, 0.1) is 33.1 Å². The van der Waals surface area contributed by atoms with Gasteiger partial charge in [-0.15, -0.1) is 32.9 Å². The zero-order valence-corrected chi connectivity index (χ0v) is 44.6. The molecule has 15 nitrogen and oxygen atoms in total. The molecule has 0 unspecified atom stereocenters. The number of benzene rings is 3. The first-order valence-corrected chi connectivity index (χ1v) is 26.4. The predicted molar refractivity (Wildman–Crippen MR) is 285 cm³/mol. The van der Waals surface area contributed by atoms with Crippen molar-refractivity contribution in [3.63, 3.8) is 0 Å². The van der Waals surface area contributed by atoms with Crippen LogP contribution in [0.15, 0.2) is 93.7 Å². The molecule has 6 atom stereocenters. The van der Waals surface area contributed by atoms with E-state index in [2.05, 4.69) is 58.4 Å². The van der Waals surface area contributed by atoms with Gasteiger partial charge in [-0.05, 0) is 111 Å². The molecule has 0 radical (unpaired) electrons. The highest BCUT2D eigenvalue weighted by Gasteiger charge is 2.45. The van der Waals surface area contributed by atoms with Gasteiger partial charge in [-0.2, -0.15) is 0 Å². The number of rotatable bonds is 14. The van der Waals surface area contributed by atoms with Gasteiger partial charge in [0.05, 0.1) is 30.8 Å². The Balaban J connectivity index is 0.828. The maximum absolute atomic E-state index is 14.4. The number of aliphatic hydroxyl groups excluding tert-OH is 1. The summed E-state index contributed by atoms with van der Waals surface area (Å²) in [6.07, 6.45) is -1.30. The van der Waals surface area contributed by atoms with Crippen molar-refractivity contribution in [1.29, 1.82) is 0 Å². The number of hydrogen-bond donors (Lipinski definition) is 4. The quantitative estimate of drug-likeness (QED) is 0.0821. The highest BCUT2D eigenvalue weighted by molar-refractivity contribution is 7.15. The van der Waals surface area contributed by atoms with Crippen LogP contribution < -0.4 is 20.7 Å². The molecule has 0 spiro atoms. The molecule has 6 heterocycles. The zero-order chi connectivity index (χ0) is 52.0. The Morgan fingerprint density at radius 2 is 1.66 bits per heavy atom. The number of hydrogen-bond acceptors (Lipinski definition) is 12. The molecule has 4 amide bonds. The van der Waals surface area contributed by atoms with Crippen LogP contribution in [0.5, 0.6) is 5.75 Å². The van der Waals surface area contributed by atoms with Crippen LogP contribution in [0.4, 0.5) is 0 Å². The summed E-state index contributed by atoms with van der Waals surface area (Å²) in [7, 11) is 0. The number of aliphatic imine (C=N–C) groups is 1. The third kappa shape index (κ3) is 10.7. The largest absolute Gasteiger partial charge is 0.489 e. The van der Waals surface area contributed by atoms with Crippen LogP contribution in [0.1, 0.15) is 114 Å². The molecule has 73 heavy (non-hydrogen) atoms. The fourth-order valence-corrected chi connectivity index (χ4v) is 11.7. The van der Waals surface area contributed by atoms with Gasteiger partial charge in [0, 0.05) is 50.3 Å². The molecule has 2 aliphatic rings. The van der Waals surface area contributed by atoms with Gasteiger partial charge >= 0.3 is 0 Å². The minimum atomic E-state index is -1.07. The fourth-order valence-electron chi connectivity index (χ4n) is 9.42. The number of aromatic nitrogens is 3. The number of aryl methyl sites for hydroxylation is 3. The number of halogens is 1. The molecule has 380 valence electrons. The number of ether oxygens (including phenoxy) is 1. The standard InChI is InChI=1S/C55H59ClN8O7S2/c1-28-20-21-72-48(28)36-12-10-34(11-13-36)31(4)58-51(67)42-23-39(65)27-63(42)53(69)49(55(7,8)9)60-52(68)44-22-37-16-19-40(24-43(37)71-44)70-29(2)26-57-45(66)25-41-50-62-61-33(6)64(50)54-46(30(3)32(5)73-54)47(59-41)35-14-17-38(56)18-15-35/h10-22,24,29,31,39,41-42,49,65H,23,25-27H2,1-9H3,(H,57,66)(H,58,67)(H,60,68)/t29-,31-,39+,41-,42-,49+/m0/s1. The van der Waals surface area contributed by atoms with Gasteiger partial charge in [0.25, 0.3) is 5.91 Å². The van der Waals surface area contributed by atoms with Crippen molar-refractivity contribution >= 4 is 74.6 Å². The second-order valence-corrected chi connectivity index (χ2v) is 22.7. The van der Waals surface area contributed by atoms with E-state index >= 15 is 0 Å². The van der Waals surface area contributed by atoms with Crippen molar-refractivity contribution in [2.45, 2.75) is 112 Å². The number of furan rings is 1. The molecule has 18 heteroatoms. The molecular formula is C55H59ClN8O7S2. The van der Waals surface area contributed by atoms with E-state index in [9.17, 15) is 24.3 Å². The van der Waals surface area contributed by atoms with E-state index in [1.807, 2.05) is 94.6 Å². The number of β-amino-alcohol motifs (C(OH)–C–C–N with tert-alkyl or cyclic N) is 1. The van der Waals surface area contributed by atoms with Gasteiger partial charge in [0.1, 0.15) is 46.4 Å². The van der Waals surface area contributed by atoms with Gasteiger partial charge in [-0.1, -0.05) is 68.8 Å². The molecular weight excluding hydrogens is 984 g/mol. The summed E-state index contributed by atoms with van der Waals surface area (Å²) in [5.41, 5.74) is 6.51. The Hall–Kier alpha value is -6.66. The lowest BCUT2D eigenvalue weighted by Crippen LogP contribution is -2.57. The second kappa shape index (κ2) is 20.7. The first-order chi connectivity index (χ1) is 34.7. The third-order valence-corrected chi connectivity index (χ3v) is 16.0. The number of nitrogens with one attached hydrogen (secondary N) is 3. The number of thiophene rings is 2. The Morgan fingerprint density at radius 3 is 2.36 bits per heavy atom. The molecule has 0 bridgehead atoms. The minimum Gasteiger partial charge on any atom is -0.489 e. The summed E-state index contributed by atoms with van der Waals surface area (Å²) in [4.78, 5) is 64.7. The number of nitrogens with zero attached hydrogens (tertiary/aromatic N) is 5. The van der Waals surface area contributed by atoms with Crippen LogP contribution in [0.25, 0.3) is 26.4 Å². The molecule has 2 aliphatic heterocycles. The summed E-state index contributed by atoms with van der Waals surface area (Å²) in [6, 6.07) is 21.4. The van der Waals surface area contributed by atoms with E-state index in [0.717, 1.165) is 43.4 Å². The highest BCUT2D eigenvalue weighted by Crippen LogP contribution is 2.40. The molecule has 0 aliphatic carbocycles. The van der Waals surface area contributed by atoms with Gasteiger partial charge in [-0.25, -0.2) is 0 Å². The number of amides is 4. The van der Waals surface area contributed by atoms with E-state index in [0.29, 0.717) is 33.4 Å². The molecule has 3 aromatic carbocycles. The number of carbonyl (C=O) groups excluding carboxylic acids is 4. The van der Waals surface area contributed by atoms with Gasteiger partial charge < -0.3 is 35.1 Å². The molecule has 1 saturated heterocycles. The smallest absolute Gasteiger partial charge is 0.287 e. The maximum Gasteiger partial charge on any atom is 0.287 e. The normalized spacial score (nSPS) is 17.8. The Bertz CT molecular complexity index is 3260. The van der Waals surface area contributed by atoms with Gasteiger partial charge in [-0.3, -0.25) is 28.7 Å². The van der Waals surface area contributed by atoms with Crippen LogP contribution in [0.3, 0.4) is 0 Å². The van der Waals surface area contributed by atoms with Crippen LogP contribution in [-0.4, -0.2) is 91.5 Å². The Morgan fingerprint density at radius 1 is 0.932 bits per heavy atom. The minimum absolute atomic E-state index is 0.0151. The van der Waals surface area contributed by atoms with E-state index in [1.54, 1.807) is 46.9 Å². The number of fused-ring (bicyclic) bond motifs is 4. The summed E-state index contributed by atoms with van der Waals surface area (Å²) in [5.74, 6) is -0.0273. The predicted octanol–water partition coefficient (Wildman–Crippen LogP) is 9.54. The van der Waals surface area contributed by atoms with Crippen molar-refractivity contribution in [3.8, 4) is 21.2 Å². The van der Waals surface area contributed by atoms with Crippen molar-refractivity contribution in [2.75, 3.05) is 13.1 Å². The van der Waals surface area contributed by atoms with Crippen molar-refractivity contribution in [3.05, 3.63) is 139 Å². The third-order valence-electron chi connectivity index (χ3n) is 13.5. The van der Waals surface area contributed by atoms with Gasteiger partial charge in [0.2, 0.25) is 17.7 Å².